The molecular formula is C12H11BrFN3O. The van der Waals surface area contributed by atoms with Crippen LogP contribution in [0.15, 0.2) is 41.4 Å². The average Bonchev–Trinajstić information content (AvgIpc) is 2.84. The van der Waals surface area contributed by atoms with Crippen LogP contribution in [0.1, 0.15) is 6.42 Å². The number of carbonyl (C=O) groups excluding carboxylic acids is 1. The minimum atomic E-state index is -0.386. The summed E-state index contributed by atoms with van der Waals surface area (Å²) < 4.78 is 15.5. The molecule has 1 amide bonds. The smallest absolute Gasteiger partial charge is 0.226 e. The van der Waals surface area contributed by atoms with Gasteiger partial charge in [-0.1, -0.05) is 0 Å². The van der Waals surface area contributed by atoms with E-state index in [9.17, 15) is 9.18 Å². The van der Waals surface area contributed by atoms with Gasteiger partial charge in [0, 0.05) is 29.8 Å². The number of nitrogens with zero attached hydrogens (tertiary/aromatic N) is 2. The maximum atomic E-state index is 13.0. The zero-order valence-electron chi connectivity index (χ0n) is 9.44. The lowest BCUT2D eigenvalue weighted by Gasteiger charge is -2.07. The Kier molecular flexibility index (Phi) is 4.09. The number of hydrogen-bond donors (Lipinski definition) is 1. The third-order valence-corrected chi connectivity index (χ3v) is 3.05. The molecule has 0 aliphatic rings. The molecule has 0 saturated carbocycles. The van der Waals surface area contributed by atoms with Gasteiger partial charge in [-0.15, -0.1) is 0 Å². The third-order valence-electron chi connectivity index (χ3n) is 2.36. The molecule has 0 saturated heterocycles. The highest BCUT2D eigenvalue weighted by molar-refractivity contribution is 9.10. The van der Waals surface area contributed by atoms with Crippen molar-refractivity contribution in [2.45, 2.75) is 13.0 Å². The fourth-order valence-electron chi connectivity index (χ4n) is 1.46. The molecule has 0 aliphatic carbocycles. The standard InChI is InChI=1S/C12H11BrFN3O/c13-10-2-1-9(14)7-11(10)16-12(18)3-5-17-6-4-15-8-17/h1-2,4,6-8H,3,5H2,(H,16,18). The molecule has 0 aliphatic heterocycles. The van der Waals surface area contributed by atoms with E-state index in [0.717, 1.165) is 0 Å². The quantitative estimate of drug-likeness (QED) is 0.943. The third kappa shape index (κ3) is 3.40. The molecule has 0 unspecified atom stereocenters. The van der Waals surface area contributed by atoms with Gasteiger partial charge in [-0.3, -0.25) is 4.79 Å². The summed E-state index contributed by atoms with van der Waals surface area (Å²) in [6.45, 7) is 0.540. The van der Waals surface area contributed by atoms with Gasteiger partial charge in [-0.05, 0) is 34.1 Å². The van der Waals surface area contributed by atoms with Gasteiger partial charge >= 0.3 is 0 Å². The minimum Gasteiger partial charge on any atom is -0.337 e. The van der Waals surface area contributed by atoms with Gasteiger partial charge in [-0.25, -0.2) is 9.37 Å². The van der Waals surface area contributed by atoms with Gasteiger partial charge in [0.1, 0.15) is 5.82 Å². The minimum absolute atomic E-state index is 0.171. The Hall–Kier alpha value is -1.69. The van der Waals surface area contributed by atoms with Crippen LogP contribution in [-0.2, 0) is 11.3 Å². The molecule has 2 rings (SSSR count). The van der Waals surface area contributed by atoms with E-state index in [2.05, 4.69) is 26.2 Å². The first-order valence-corrected chi connectivity index (χ1v) is 6.15. The van der Waals surface area contributed by atoms with Crippen LogP contribution in [-0.4, -0.2) is 15.5 Å². The SMILES string of the molecule is O=C(CCn1ccnc1)Nc1cc(F)ccc1Br. The van der Waals surface area contributed by atoms with Crippen molar-refractivity contribution in [2.24, 2.45) is 0 Å². The van der Waals surface area contributed by atoms with Crippen molar-refractivity contribution < 1.29 is 9.18 Å². The molecule has 0 atom stereocenters. The molecule has 0 radical (unpaired) electrons. The maximum Gasteiger partial charge on any atom is 0.226 e. The van der Waals surface area contributed by atoms with Crippen LogP contribution in [0.2, 0.25) is 0 Å². The second kappa shape index (κ2) is 5.77. The molecule has 0 spiro atoms. The van der Waals surface area contributed by atoms with Crippen molar-refractivity contribution in [3.8, 4) is 0 Å². The normalized spacial score (nSPS) is 10.3. The highest BCUT2D eigenvalue weighted by atomic mass is 79.9. The Balaban J connectivity index is 1.92. The van der Waals surface area contributed by atoms with Crippen LogP contribution < -0.4 is 5.32 Å². The molecule has 1 N–H and O–H groups in total. The van der Waals surface area contributed by atoms with Gasteiger partial charge in [-0.2, -0.15) is 0 Å². The topological polar surface area (TPSA) is 46.9 Å². The summed E-state index contributed by atoms with van der Waals surface area (Å²) >= 11 is 3.25. The number of rotatable bonds is 4. The van der Waals surface area contributed by atoms with Crippen molar-refractivity contribution in [1.29, 1.82) is 0 Å². The van der Waals surface area contributed by atoms with Crippen LogP contribution in [0.4, 0.5) is 10.1 Å². The van der Waals surface area contributed by atoms with Gasteiger partial charge in [0.2, 0.25) is 5.91 Å². The van der Waals surface area contributed by atoms with E-state index >= 15 is 0 Å². The second-order valence-electron chi connectivity index (χ2n) is 3.72. The Morgan fingerprint density at radius 3 is 3.06 bits per heavy atom. The number of aryl methyl sites for hydroxylation is 1. The number of imidazole rings is 1. The van der Waals surface area contributed by atoms with E-state index < -0.39 is 0 Å². The zero-order valence-corrected chi connectivity index (χ0v) is 11.0. The lowest BCUT2D eigenvalue weighted by Crippen LogP contribution is -2.14. The number of carbonyl (C=O) groups is 1. The molecule has 4 nitrogen and oxygen atoms in total. The second-order valence-corrected chi connectivity index (χ2v) is 4.58. The van der Waals surface area contributed by atoms with Gasteiger partial charge < -0.3 is 9.88 Å². The van der Waals surface area contributed by atoms with E-state index in [4.69, 9.17) is 0 Å². The monoisotopic (exact) mass is 311 g/mol. The summed E-state index contributed by atoms with van der Waals surface area (Å²) in [5.74, 6) is -0.557. The van der Waals surface area contributed by atoms with E-state index in [1.54, 1.807) is 29.4 Å². The summed E-state index contributed by atoms with van der Waals surface area (Å²) in [6, 6.07) is 4.16. The molecule has 94 valence electrons. The lowest BCUT2D eigenvalue weighted by atomic mass is 10.3. The number of hydrogen-bond acceptors (Lipinski definition) is 2. The van der Waals surface area contributed by atoms with Crippen LogP contribution in [0.5, 0.6) is 0 Å². The first-order chi connectivity index (χ1) is 8.65. The van der Waals surface area contributed by atoms with Crippen molar-refractivity contribution in [3.63, 3.8) is 0 Å². The highest BCUT2D eigenvalue weighted by Gasteiger charge is 2.06. The highest BCUT2D eigenvalue weighted by Crippen LogP contribution is 2.23. The summed E-state index contributed by atoms with van der Waals surface area (Å²) in [7, 11) is 0. The molecule has 1 aromatic heterocycles. The Labute approximate surface area is 112 Å². The number of aromatic nitrogens is 2. The van der Waals surface area contributed by atoms with E-state index in [0.29, 0.717) is 23.1 Å². The molecular weight excluding hydrogens is 301 g/mol. The van der Waals surface area contributed by atoms with Crippen molar-refractivity contribution in [3.05, 3.63) is 47.2 Å². The first-order valence-electron chi connectivity index (χ1n) is 5.36. The maximum absolute atomic E-state index is 13.0. The number of amides is 1. The molecule has 0 fully saturated rings. The van der Waals surface area contributed by atoms with Gasteiger partial charge in [0.25, 0.3) is 0 Å². The number of nitrogens with one attached hydrogen (secondary N) is 1. The van der Waals surface area contributed by atoms with Crippen LogP contribution in [0.3, 0.4) is 0 Å². The van der Waals surface area contributed by atoms with Crippen molar-refractivity contribution in [1.82, 2.24) is 9.55 Å². The summed E-state index contributed by atoms with van der Waals surface area (Å²) in [6.07, 6.45) is 5.39. The molecule has 0 bridgehead atoms. The van der Waals surface area contributed by atoms with Crippen LogP contribution in [0.25, 0.3) is 0 Å². The fraction of sp³-hybridized carbons (Fsp3) is 0.167. The van der Waals surface area contributed by atoms with Crippen LogP contribution in [0, 0.1) is 5.82 Å². The summed E-state index contributed by atoms with van der Waals surface area (Å²) in [4.78, 5) is 15.6. The van der Waals surface area contributed by atoms with Gasteiger partial charge in [0.15, 0.2) is 0 Å². The lowest BCUT2D eigenvalue weighted by molar-refractivity contribution is -0.116. The predicted octanol–water partition coefficient (Wildman–Crippen LogP) is 2.81. The molecule has 2 aromatic rings. The van der Waals surface area contributed by atoms with E-state index in [1.165, 1.54) is 12.1 Å². The van der Waals surface area contributed by atoms with E-state index in [1.807, 2.05) is 0 Å². The zero-order chi connectivity index (χ0) is 13.0. The van der Waals surface area contributed by atoms with Crippen LogP contribution >= 0.6 is 15.9 Å². The van der Waals surface area contributed by atoms with E-state index in [-0.39, 0.29) is 11.7 Å². The molecule has 1 aromatic carbocycles. The summed E-state index contributed by atoms with van der Waals surface area (Å²) in [5.41, 5.74) is 0.436. The average molecular weight is 312 g/mol. The van der Waals surface area contributed by atoms with Gasteiger partial charge in [0.05, 0.1) is 12.0 Å². The summed E-state index contributed by atoms with van der Waals surface area (Å²) in [5, 5.41) is 2.65. The Bertz CT molecular complexity index is 542. The first kappa shape index (κ1) is 12.8. The predicted molar refractivity (Wildman–Crippen MR) is 69.6 cm³/mol. The Morgan fingerprint density at radius 2 is 2.33 bits per heavy atom. The van der Waals surface area contributed by atoms with Crippen molar-refractivity contribution >= 4 is 27.5 Å². The molecule has 6 heteroatoms. The molecule has 1 heterocycles. The fourth-order valence-corrected chi connectivity index (χ4v) is 1.80. The van der Waals surface area contributed by atoms with Crippen molar-refractivity contribution in [2.75, 3.05) is 5.32 Å². The Morgan fingerprint density at radius 1 is 1.50 bits per heavy atom. The number of halogens is 2. The number of anilines is 1. The number of benzene rings is 1. The largest absolute Gasteiger partial charge is 0.337 e. The molecule has 18 heavy (non-hydrogen) atoms.